The van der Waals surface area contributed by atoms with Crippen LogP contribution in [0.5, 0.6) is 0 Å². The van der Waals surface area contributed by atoms with Crippen molar-refractivity contribution in [2.45, 2.75) is 38.5 Å². The summed E-state index contributed by atoms with van der Waals surface area (Å²) in [4.78, 5) is 33.1. The molecule has 2 saturated heterocycles. The number of carbonyl (C=O) groups excluding carboxylic acids is 2. The van der Waals surface area contributed by atoms with Crippen molar-refractivity contribution in [2.75, 3.05) is 30.3 Å². The number of carbonyl (C=O) groups is 2. The Morgan fingerprint density at radius 1 is 1.18 bits per heavy atom. The first-order valence-corrected chi connectivity index (χ1v) is 11.3. The first kappa shape index (κ1) is 20.3. The molecule has 5 aliphatic rings. The molecule has 0 aliphatic carbocycles. The third-order valence-corrected chi connectivity index (χ3v) is 7.55. The predicted molar refractivity (Wildman–Crippen MR) is 125 cm³/mol. The lowest BCUT2D eigenvalue weighted by molar-refractivity contribution is -0.919. The molecule has 1 aromatic carbocycles. The van der Waals surface area contributed by atoms with Crippen LogP contribution in [0.1, 0.15) is 38.7 Å². The number of hydrogen-bond donors (Lipinski definition) is 3. The third kappa shape index (κ3) is 3.05. The summed E-state index contributed by atoms with van der Waals surface area (Å²) in [5.74, 6) is 1.37. The average molecular weight is 448 g/mol. The second-order valence-corrected chi connectivity index (χ2v) is 9.99. The summed E-state index contributed by atoms with van der Waals surface area (Å²) in [6.45, 7) is 6.23. The predicted octanol–water partition coefficient (Wildman–Crippen LogP) is 1.90. The molecule has 3 N–H and O–H groups in total. The lowest BCUT2D eigenvalue weighted by atomic mass is 9.78. The van der Waals surface area contributed by atoms with E-state index >= 15 is 0 Å². The van der Waals surface area contributed by atoms with Gasteiger partial charge in [0.1, 0.15) is 6.21 Å². The molecule has 170 valence electrons. The van der Waals surface area contributed by atoms with E-state index in [0.717, 1.165) is 55.2 Å². The number of guanidine groups is 1. The van der Waals surface area contributed by atoms with Gasteiger partial charge in [-0.25, -0.2) is 0 Å². The standard InChI is InChI=1S/C23H26N8O2/c1-22(2)16-4-3-15(11-17(16)27-20(22)33)26-21-28-18-13-24-7-10-31(18,29-21)30-8-5-23(6-9-30)12-19(32)25-14-23/h3-4,7,10-11,13H,5-6,8-9,12,14H2,1-2H3,(H2-,25,26,27,29,32,33)/p+1. The van der Waals surface area contributed by atoms with Crippen LogP contribution < -0.4 is 16.0 Å². The lowest BCUT2D eigenvalue weighted by Crippen LogP contribution is -2.60. The SMILES string of the molecule is CC1(C)C(=O)Nc2cc(NC3=N[N+]4(N5CCC6(CC5)CNC(=O)C6)C=CN=CC4=N3)ccc21. The molecule has 1 spiro atoms. The number of nitrogens with one attached hydrogen (secondary N) is 3. The number of nitrogens with zero attached hydrogens (tertiary/aromatic N) is 5. The molecule has 1 atom stereocenters. The Balaban J connectivity index is 1.24. The van der Waals surface area contributed by atoms with Crippen LogP contribution in [-0.4, -0.2) is 59.2 Å². The monoisotopic (exact) mass is 447 g/mol. The molecular formula is C23H27N8O2+. The Labute approximate surface area is 191 Å². The van der Waals surface area contributed by atoms with Crippen LogP contribution in [-0.2, 0) is 15.0 Å². The fourth-order valence-electron chi connectivity index (χ4n) is 5.40. The quantitative estimate of drug-likeness (QED) is 0.602. The first-order valence-electron chi connectivity index (χ1n) is 11.3. The maximum absolute atomic E-state index is 12.3. The summed E-state index contributed by atoms with van der Waals surface area (Å²) in [6.07, 6.45) is 7.92. The van der Waals surface area contributed by atoms with E-state index in [1.165, 1.54) is 0 Å². The van der Waals surface area contributed by atoms with Crippen LogP contribution in [0, 0.1) is 5.41 Å². The Morgan fingerprint density at radius 3 is 2.76 bits per heavy atom. The molecule has 0 radical (unpaired) electrons. The second-order valence-electron chi connectivity index (χ2n) is 9.99. The minimum Gasteiger partial charge on any atom is -0.356 e. The molecule has 2 fully saturated rings. The Kier molecular flexibility index (Phi) is 4.18. The van der Waals surface area contributed by atoms with Gasteiger partial charge in [-0.1, -0.05) is 6.07 Å². The van der Waals surface area contributed by atoms with Crippen LogP contribution in [0.15, 0.2) is 45.7 Å². The molecule has 0 saturated carbocycles. The molecule has 2 amide bonds. The van der Waals surface area contributed by atoms with E-state index < -0.39 is 5.41 Å². The molecule has 33 heavy (non-hydrogen) atoms. The zero-order chi connectivity index (χ0) is 22.8. The molecule has 5 aliphatic heterocycles. The summed E-state index contributed by atoms with van der Waals surface area (Å²) in [6, 6.07) is 5.84. The van der Waals surface area contributed by atoms with E-state index in [0.29, 0.717) is 12.4 Å². The number of amidine groups is 1. The van der Waals surface area contributed by atoms with Crippen molar-refractivity contribution in [2.24, 2.45) is 20.5 Å². The lowest BCUT2D eigenvalue weighted by Gasteiger charge is -2.42. The van der Waals surface area contributed by atoms with Gasteiger partial charge in [0.25, 0.3) is 5.96 Å². The van der Waals surface area contributed by atoms with Gasteiger partial charge in [-0.15, -0.1) is 10.0 Å². The maximum atomic E-state index is 12.3. The fourth-order valence-corrected chi connectivity index (χ4v) is 5.40. The van der Waals surface area contributed by atoms with Gasteiger partial charge in [0.15, 0.2) is 6.20 Å². The van der Waals surface area contributed by atoms with E-state index in [4.69, 9.17) is 10.1 Å². The highest BCUT2D eigenvalue weighted by Gasteiger charge is 2.51. The largest absolute Gasteiger partial charge is 0.356 e. The molecule has 0 aromatic heterocycles. The Morgan fingerprint density at radius 2 is 2.00 bits per heavy atom. The van der Waals surface area contributed by atoms with Crippen LogP contribution >= 0.6 is 0 Å². The van der Waals surface area contributed by atoms with Crippen molar-refractivity contribution < 1.29 is 14.3 Å². The number of anilines is 2. The minimum atomic E-state index is -0.540. The number of fused-ring (bicyclic) bond motifs is 2. The van der Waals surface area contributed by atoms with E-state index in [-0.39, 0.29) is 21.9 Å². The molecule has 10 nitrogen and oxygen atoms in total. The molecular weight excluding hydrogens is 420 g/mol. The van der Waals surface area contributed by atoms with Gasteiger partial charge in [-0.05, 0) is 59.6 Å². The highest BCUT2D eigenvalue weighted by Crippen LogP contribution is 2.41. The summed E-state index contributed by atoms with van der Waals surface area (Å²) < 4.78 is 0.151. The Bertz CT molecular complexity index is 1190. The van der Waals surface area contributed by atoms with Gasteiger partial charge in [0, 0.05) is 24.3 Å². The molecule has 1 unspecified atom stereocenters. The highest BCUT2D eigenvalue weighted by molar-refractivity contribution is 6.30. The maximum Gasteiger partial charge on any atom is 0.301 e. The van der Waals surface area contributed by atoms with Crippen molar-refractivity contribution in [3.8, 4) is 0 Å². The van der Waals surface area contributed by atoms with E-state index in [1.54, 1.807) is 12.4 Å². The zero-order valence-corrected chi connectivity index (χ0v) is 18.8. The summed E-state index contributed by atoms with van der Waals surface area (Å²) >= 11 is 0. The minimum absolute atomic E-state index is 0.00174. The number of benzene rings is 1. The molecule has 1 aromatic rings. The van der Waals surface area contributed by atoms with Crippen molar-refractivity contribution in [3.05, 3.63) is 36.2 Å². The van der Waals surface area contributed by atoms with Gasteiger partial charge in [-0.2, -0.15) is 0 Å². The first-order chi connectivity index (χ1) is 15.8. The number of amides is 2. The normalized spacial score (nSPS) is 28.8. The van der Waals surface area contributed by atoms with Crippen molar-refractivity contribution in [3.63, 3.8) is 0 Å². The fraction of sp³-hybridized carbons (Fsp3) is 0.435. The molecule has 5 heterocycles. The van der Waals surface area contributed by atoms with Gasteiger partial charge in [-0.3, -0.25) is 14.6 Å². The van der Waals surface area contributed by atoms with Crippen molar-refractivity contribution >= 4 is 41.2 Å². The van der Waals surface area contributed by atoms with E-state index in [1.807, 2.05) is 38.2 Å². The number of hydrogen-bond acceptors (Lipinski definition) is 7. The van der Waals surface area contributed by atoms with Crippen LogP contribution in [0.3, 0.4) is 0 Å². The number of quaternary nitrogens is 1. The zero-order valence-electron chi connectivity index (χ0n) is 18.8. The third-order valence-electron chi connectivity index (χ3n) is 7.55. The number of rotatable bonds is 2. The Hall–Kier alpha value is -3.37. The second kappa shape index (κ2) is 6.82. The average Bonchev–Trinajstić information content (AvgIpc) is 3.41. The van der Waals surface area contributed by atoms with Crippen molar-refractivity contribution in [1.29, 1.82) is 0 Å². The molecule has 6 rings (SSSR count). The molecule has 0 bridgehead atoms. The summed E-state index contributed by atoms with van der Waals surface area (Å²) in [5.41, 5.74) is 2.12. The van der Waals surface area contributed by atoms with Crippen molar-refractivity contribution in [1.82, 2.24) is 10.3 Å². The van der Waals surface area contributed by atoms with E-state index in [9.17, 15) is 9.59 Å². The van der Waals surface area contributed by atoms with Crippen LogP contribution in [0.2, 0.25) is 0 Å². The summed E-state index contributed by atoms with van der Waals surface area (Å²) in [5, 5.41) is 16.5. The van der Waals surface area contributed by atoms with Crippen LogP contribution in [0.4, 0.5) is 11.4 Å². The summed E-state index contributed by atoms with van der Waals surface area (Å²) in [7, 11) is 0. The van der Waals surface area contributed by atoms with Gasteiger partial charge in [0.2, 0.25) is 11.8 Å². The van der Waals surface area contributed by atoms with Gasteiger partial charge < -0.3 is 16.0 Å². The van der Waals surface area contributed by atoms with Crippen LogP contribution in [0.25, 0.3) is 0 Å². The number of piperidine rings is 1. The van der Waals surface area contributed by atoms with Gasteiger partial charge in [0.05, 0.1) is 24.7 Å². The van der Waals surface area contributed by atoms with Gasteiger partial charge >= 0.3 is 5.84 Å². The topological polar surface area (TPSA) is 111 Å². The smallest absolute Gasteiger partial charge is 0.301 e. The highest BCUT2D eigenvalue weighted by atomic mass is 16.2. The van der Waals surface area contributed by atoms with E-state index in [2.05, 4.69) is 26.0 Å². The molecule has 10 heteroatoms. The number of aliphatic imine (C=N–C) groups is 2.